The smallest absolute Gasteiger partial charge is 0.494 e. The van der Waals surface area contributed by atoms with Gasteiger partial charge in [-0.1, -0.05) is 19.1 Å². The van der Waals surface area contributed by atoms with Gasteiger partial charge >= 0.3 is 6.16 Å². The SMILES string of the molecule is CCOc1ccc(C(=O)NCCc2ccc(S(=O)(=O)NC(=O)c3ccc(OC(=O)O[C@@H](C)CC)nc3)cc2)cc1. The fourth-order valence-corrected chi connectivity index (χ4v) is 4.27. The molecule has 2 N–H and O–H groups in total. The number of benzene rings is 2. The Morgan fingerprint density at radius 1 is 0.900 bits per heavy atom. The van der Waals surface area contributed by atoms with E-state index in [0.717, 1.165) is 11.8 Å². The molecular formula is C28H31N3O8S. The van der Waals surface area contributed by atoms with E-state index in [2.05, 4.69) is 10.3 Å². The molecule has 212 valence electrons. The Morgan fingerprint density at radius 3 is 2.17 bits per heavy atom. The maximum Gasteiger partial charge on any atom is 0.515 e. The summed E-state index contributed by atoms with van der Waals surface area (Å²) in [6.07, 6.45) is 0.914. The Morgan fingerprint density at radius 2 is 1.57 bits per heavy atom. The second kappa shape index (κ2) is 14.1. The van der Waals surface area contributed by atoms with E-state index in [1.54, 1.807) is 43.3 Å². The molecule has 0 aliphatic carbocycles. The van der Waals surface area contributed by atoms with Crippen LogP contribution in [-0.2, 0) is 21.2 Å². The highest BCUT2D eigenvalue weighted by Crippen LogP contribution is 2.15. The summed E-state index contributed by atoms with van der Waals surface area (Å²) in [5.74, 6) is -0.545. The zero-order valence-corrected chi connectivity index (χ0v) is 23.2. The van der Waals surface area contributed by atoms with Gasteiger partial charge in [0.1, 0.15) is 11.9 Å². The molecule has 0 aliphatic heterocycles. The third-order valence-electron chi connectivity index (χ3n) is 5.65. The topological polar surface area (TPSA) is 150 Å². The number of ether oxygens (including phenoxy) is 3. The van der Waals surface area contributed by atoms with Crippen LogP contribution in [0.2, 0.25) is 0 Å². The number of nitrogens with zero attached hydrogens (tertiary/aromatic N) is 1. The van der Waals surface area contributed by atoms with Gasteiger partial charge < -0.3 is 19.5 Å². The minimum atomic E-state index is -4.16. The minimum absolute atomic E-state index is 0.0499. The predicted molar refractivity (Wildman–Crippen MR) is 146 cm³/mol. The van der Waals surface area contributed by atoms with Crippen molar-refractivity contribution in [2.45, 2.75) is 44.6 Å². The van der Waals surface area contributed by atoms with Gasteiger partial charge in [0.05, 0.1) is 17.1 Å². The number of carbonyl (C=O) groups excluding carboxylic acids is 3. The number of hydrogen-bond donors (Lipinski definition) is 2. The lowest BCUT2D eigenvalue weighted by molar-refractivity contribution is 0.0631. The van der Waals surface area contributed by atoms with Gasteiger partial charge in [0.15, 0.2) is 0 Å². The fraction of sp³-hybridized carbons (Fsp3) is 0.286. The van der Waals surface area contributed by atoms with Crippen LogP contribution >= 0.6 is 0 Å². The first kappa shape index (κ1) is 30.1. The molecule has 3 aromatic rings. The summed E-state index contributed by atoms with van der Waals surface area (Å²) in [5, 5.41) is 2.82. The van der Waals surface area contributed by atoms with E-state index < -0.39 is 22.1 Å². The van der Waals surface area contributed by atoms with E-state index in [0.29, 0.717) is 37.3 Å². The summed E-state index contributed by atoms with van der Waals surface area (Å²) in [7, 11) is -4.16. The van der Waals surface area contributed by atoms with Crippen LogP contribution in [0, 0.1) is 0 Å². The average Bonchev–Trinajstić information content (AvgIpc) is 2.94. The van der Waals surface area contributed by atoms with Crippen molar-refractivity contribution < 1.29 is 37.0 Å². The van der Waals surface area contributed by atoms with Crippen LogP contribution in [-0.4, -0.2) is 50.6 Å². The zero-order chi connectivity index (χ0) is 29.1. The molecule has 0 spiro atoms. The number of rotatable bonds is 12. The van der Waals surface area contributed by atoms with E-state index in [4.69, 9.17) is 14.2 Å². The van der Waals surface area contributed by atoms with E-state index in [-0.39, 0.29) is 28.4 Å². The summed E-state index contributed by atoms with van der Waals surface area (Å²) >= 11 is 0. The molecule has 3 rings (SSSR count). The van der Waals surface area contributed by atoms with Crippen LogP contribution in [0.1, 0.15) is 53.5 Å². The van der Waals surface area contributed by atoms with E-state index in [9.17, 15) is 22.8 Å². The molecule has 1 atom stereocenters. The van der Waals surface area contributed by atoms with Crippen molar-refractivity contribution in [2.75, 3.05) is 13.2 Å². The number of aromatic nitrogens is 1. The molecule has 12 heteroatoms. The quantitative estimate of drug-likeness (QED) is 0.310. The third kappa shape index (κ3) is 8.80. The lowest BCUT2D eigenvalue weighted by Gasteiger charge is -2.10. The Hall–Kier alpha value is -4.45. The average molecular weight is 570 g/mol. The summed E-state index contributed by atoms with van der Waals surface area (Å²) in [4.78, 5) is 40.2. The number of hydrogen-bond acceptors (Lipinski definition) is 9. The standard InChI is InChI=1S/C28H31N3O8S/c1-4-19(3)38-28(34)39-25-15-10-22(18-30-25)27(33)31-40(35,36)24-13-6-20(7-14-24)16-17-29-26(32)21-8-11-23(12-9-21)37-5-2/h6-15,18-19H,4-5,16-17H2,1-3H3,(H,29,32)(H,31,33)/t19-/m0/s1. The molecule has 1 aromatic heterocycles. The van der Waals surface area contributed by atoms with Crippen LogP contribution in [0.4, 0.5) is 4.79 Å². The van der Waals surface area contributed by atoms with E-state index >= 15 is 0 Å². The normalized spacial score (nSPS) is 11.7. The van der Waals surface area contributed by atoms with Crippen LogP contribution in [0.25, 0.3) is 0 Å². The fourth-order valence-electron chi connectivity index (χ4n) is 3.30. The van der Waals surface area contributed by atoms with Gasteiger partial charge in [0, 0.05) is 24.4 Å². The molecule has 0 saturated carbocycles. The first-order valence-electron chi connectivity index (χ1n) is 12.6. The molecule has 0 unspecified atom stereocenters. The molecule has 2 aromatic carbocycles. The summed E-state index contributed by atoms with van der Waals surface area (Å²) in [6, 6.07) is 15.3. The molecule has 11 nitrogen and oxygen atoms in total. The largest absolute Gasteiger partial charge is 0.515 e. The van der Waals surface area contributed by atoms with Gasteiger partial charge in [-0.15, -0.1) is 0 Å². The number of carbonyl (C=O) groups is 3. The van der Waals surface area contributed by atoms with Crippen LogP contribution < -0.4 is 19.5 Å². The Balaban J connectivity index is 1.50. The Kier molecular flexibility index (Phi) is 10.6. The monoisotopic (exact) mass is 569 g/mol. The van der Waals surface area contributed by atoms with Crippen molar-refractivity contribution in [3.05, 3.63) is 83.6 Å². The first-order chi connectivity index (χ1) is 19.1. The molecule has 2 amide bonds. The van der Waals surface area contributed by atoms with Gasteiger partial charge in [-0.05, 0) is 74.7 Å². The number of sulfonamides is 1. The Bertz CT molecular complexity index is 1410. The van der Waals surface area contributed by atoms with Crippen molar-refractivity contribution >= 4 is 28.0 Å². The molecule has 0 aliphatic rings. The summed E-state index contributed by atoms with van der Waals surface area (Å²) < 4.78 is 42.6. The number of pyridine rings is 1. The highest BCUT2D eigenvalue weighted by Gasteiger charge is 2.20. The second-order valence-electron chi connectivity index (χ2n) is 8.62. The van der Waals surface area contributed by atoms with Gasteiger partial charge in [0.2, 0.25) is 5.88 Å². The molecule has 0 fully saturated rings. The van der Waals surface area contributed by atoms with Gasteiger partial charge in [-0.3, -0.25) is 9.59 Å². The predicted octanol–water partition coefficient (Wildman–Crippen LogP) is 3.89. The first-order valence-corrected chi connectivity index (χ1v) is 14.1. The van der Waals surface area contributed by atoms with Crippen LogP contribution in [0.15, 0.2) is 71.8 Å². The van der Waals surface area contributed by atoms with Crippen molar-refractivity contribution in [1.82, 2.24) is 15.0 Å². The van der Waals surface area contributed by atoms with E-state index in [1.165, 1.54) is 24.3 Å². The molecule has 0 saturated heterocycles. The molecule has 1 heterocycles. The van der Waals surface area contributed by atoms with E-state index in [1.807, 2.05) is 18.6 Å². The van der Waals surface area contributed by atoms with Crippen molar-refractivity contribution in [3.63, 3.8) is 0 Å². The maximum atomic E-state index is 12.7. The van der Waals surface area contributed by atoms with Gasteiger partial charge in [-0.25, -0.2) is 22.9 Å². The molecule has 40 heavy (non-hydrogen) atoms. The van der Waals surface area contributed by atoms with Crippen LogP contribution in [0.5, 0.6) is 11.6 Å². The lowest BCUT2D eigenvalue weighted by atomic mass is 10.1. The second-order valence-corrected chi connectivity index (χ2v) is 10.3. The summed E-state index contributed by atoms with van der Waals surface area (Å²) in [5.41, 5.74) is 1.25. The molecule has 0 radical (unpaired) electrons. The lowest BCUT2D eigenvalue weighted by Crippen LogP contribution is -2.30. The third-order valence-corrected chi connectivity index (χ3v) is 6.99. The van der Waals surface area contributed by atoms with Crippen molar-refractivity contribution in [1.29, 1.82) is 0 Å². The minimum Gasteiger partial charge on any atom is -0.494 e. The van der Waals surface area contributed by atoms with Gasteiger partial charge in [-0.2, -0.15) is 0 Å². The number of amides is 2. The highest BCUT2D eigenvalue weighted by atomic mass is 32.2. The summed E-state index contributed by atoms with van der Waals surface area (Å²) in [6.45, 7) is 6.32. The molecular weight excluding hydrogens is 538 g/mol. The van der Waals surface area contributed by atoms with Gasteiger partial charge in [0.25, 0.3) is 21.8 Å². The van der Waals surface area contributed by atoms with Crippen molar-refractivity contribution in [2.24, 2.45) is 0 Å². The highest BCUT2D eigenvalue weighted by molar-refractivity contribution is 7.90. The number of nitrogens with one attached hydrogen (secondary N) is 2. The molecule has 0 bridgehead atoms. The zero-order valence-electron chi connectivity index (χ0n) is 22.4. The Labute approximate surface area is 232 Å². The van der Waals surface area contributed by atoms with Crippen LogP contribution in [0.3, 0.4) is 0 Å². The van der Waals surface area contributed by atoms with Crippen molar-refractivity contribution in [3.8, 4) is 11.6 Å². The maximum absolute atomic E-state index is 12.7.